The third kappa shape index (κ3) is 4.90. The number of hydrogen-bond donors (Lipinski definition) is 1. The number of piperidine rings is 1. The molecular formula is C25H33N5O. The van der Waals surface area contributed by atoms with Crippen LogP contribution in [-0.2, 0) is 0 Å². The number of amides is 1. The molecule has 164 valence electrons. The number of likely N-dealkylation sites (tertiary alicyclic amines) is 1. The molecule has 0 aliphatic carbocycles. The van der Waals surface area contributed by atoms with Crippen LogP contribution >= 0.6 is 0 Å². The molecule has 2 atom stereocenters. The molecule has 6 nitrogen and oxygen atoms in total. The van der Waals surface area contributed by atoms with E-state index in [1.807, 2.05) is 71.0 Å². The first kappa shape index (κ1) is 21.4. The van der Waals surface area contributed by atoms with Gasteiger partial charge in [0.1, 0.15) is 5.56 Å². The maximum absolute atomic E-state index is 13.2. The maximum Gasteiger partial charge on any atom is 0.256 e. The van der Waals surface area contributed by atoms with Crippen LogP contribution in [0.1, 0.15) is 42.7 Å². The summed E-state index contributed by atoms with van der Waals surface area (Å²) in [6.07, 6.45) is 6.17. The predicted octanol–water partition coefficient (Wildman–Crippen LogP) is 4.07. The standard InChI is InChI=1S/C25H33N5O/c1-19-16-20(2)18-28(17-19)13-9-12-26-24(31)23-21(3)27-30(22-10-5-4-6-11-22)25(23)29-14-7-8-15-29/h4-8,10-11,14-15,19-20H,9,12-13,16-18H2,1-3H3,(H,26,31). The first-order chi connectivity index (χ1) is 15.0. The number of para-hydroxylation sites is 1. The minimum atomic E-state index is -0.0660. The minimum absolute atomic E-state index is 0.0660. The fourth-order valence-corrected chi connectivity index (χ4v) is 4.81. The van der Waals surface area contributed by atoms with E-state index in [-0.39, 0.29) is 5.91 Å². The van der Waals surface area contributed by atoms with Crippen molar-refractivity contribution in [3.05, 3.63) is 66.1 Å². The first-order valence-electron chi connectivity index (χ1n) is 11.3. The fourth-order valence-electron chi connectivity index (χ4n) is 4.81. The SMILES string of the molecule is Cc1nn(-c2ccccc2)c(-n2cccc2)c1C(=O)NCCCN1CC(C)CC(C)C1. The smallest absolute Gasteiger partial charge is 0.256 e. The van der Waals surface area contributed by atoms with E-state index in [0.717, 1.165) is 42.0 Å². The number of benzene rings is 1. The molecule has 2 unspecified atom stereocenters. The topological polar surface area (TPSA) is 55.1 Å². The summed E-state index contributed by atoms with van der Waals surface area (Å²) in [5.74, 6) is 2.22. The van der Waals surface area contributed by atoms with Gasteiger partial charge in [0.25, 0.3) is 5.91 Å². The molecule has 1 fully saturated rings. The van der Waals surface area contributed by atoms with Crippen molar-refractivity contribution >= 4 is 5.91 Å². The summed E-state index contributed by atoms with van der Waals surface area (Å²) in [5, 5.41) is 7.84. The summed E-state index contributed by atoms with van der Waals surface area (Å²) in [6.45, 7) is 10.6. The highest BCUT2D eigenvalue weighted by atomic mass is 16.1. The van der Waals surface area contributed by atoms with Gasteiger partial charge in [0.2, 0.25) is 0 Å². The van der Waals surface area contributed by atoms with E-state index in [4.69, 9.17) is 5.10 Å². The molecular weight excluding hydrogens is 386 g/mol. The van der Waals surface area contributed by atoms with Gasteiger partial charge in [-0.3, -0.25) is 4.79 Å². The van der Waals surface area contributed by atoms with Crippen LogP contribution in [0, 0.1) is 18.8 Å². The summed E-state index contributed by atoms with van der Waals surface area (Å²) < 4.78 is 3.80. The van der Waals surface area contributed by atoms with E-state index in [1.165, 1.54) is 19.5 Å². The zero-order valence-corrected chi connectivity index (χ0v) is 18.8. The van der Waals surface area contributed by atoms with E-state index in [9.17, 15) is 4.79 Å². The number of carbonyl (C=O) groups excluding carboxylic acids is 1. The van der Waals surface area contributed by atoms with Gasteiger partial charge >= 0.3 is 0 Å². The number of carbonyl (C=O) groups is 1. The first-order valence-corrected chi connectivity index (χ1v) is 11.3. The molecule has 31 heavy (non-hydrogen) atoms. The number of aromatic nitrogens is 3. The van der Waals surface area contributed by atoms with Crippen LogP contribution < -0.4 is 5.32 Å². The van der Waals surface area contributed by atoms with Gasteiger partial charge in [-0.05, 0) is 62.4 Å². The Balaban J connectivity index is 1.47. The summed E-state index contributed by atoms with van der Waals surface area (Å²) in [6, 6.07) is 13.9. The maximum atomic E-state index is 13.2. The lowest BCUT2D eigenvalue weighted by molar-refractivity contribution is 0.0946. The third-order valence-corrected chi connectivity index (χ3v) is 5.99. The average molecular weight is 420 g/mol. The number of nitrogens with zero attached hydrogens (tertiary/aromatic N) is 4. The van der Waals surface area contributed by atoms with Gasteiger partial charge in [-0.1, -0.05) is 32.0 Å². The van der Waals surface area contributed by atoms with Crippen molar-refractivity contribution in [2.24, 2.45) is 11.8 Å². The molecule has 0 radical (unpaired) electrons. The van der Waals surface area contributed by atoms with Crippen molar-refractivity contribution < 1.29 is 4.79 Å². The lowest BCUT2D eigenvalue weighted by Gasteiger charge is -2.34. The average Bonchev–Trinajstić information content (AvgIpc) is 3.38. The van der Waals surface area contributed by atoms with Crippen LogP contribution in [0.15, 0.2) is 54.9 Å². The van der Waals surface area contributed by atoms with Crippen LogP contribution in [-0.4, -0.2) is 51.3 Å². The Bertz CT molecular complexity index is 983. The predicted molar refractivity (Wildman–Crippen MR) is 124 cm³/mol. The Morgan fingerprint density at radius 3 is 2.42 bits per heavy atom. The van der Waals surface area contributed by atoms with Gasteiger partial charge < -0.3 is 14.8 Å². The highest BCUT2D eigenvalue weighted by Gasteiger charge is 2.24. The van der Waals surface area contributed by atoms with E-state index in [2.05, 4.69) is 24.1 Å². The molecule has 0 saturated carbocycles. The molecule has 0 spiro atoms. The van der Waals surface area contributed by atoms with Gasteiger partial charge in [-0.2, -0.15) is 5.10 Å². The van der Waals surface area contributed by atoms with Crippen molar-refractivity contribution in [1.29, 1.82) is 0 Å². The molecule has 1 N–H and O–H groups in total. The number of aryl methyl sites for hydroxylation is 1. The minimum Gasteiger partial charge on any atom is -0.352 e. The molecule has 3 aromatic rings. The molecule has 1 aromatic carbocycles. The summed E-state index contributed by atoms with van der Waals surface area (Å²) >= 11 is 0. The molecule has 4 rings (SSSR count). The van der Waals surface area contributed by atoms with Crippen molar-refractivity contribution in [2.45, 2.75) is 33.6 Å². The molecule has 1 saturated heterocycles. The van der Waals surface area contributed by atoms with E-state index in [0.29, 0.717) is 12.1 Å². The lowest BCUT2D eigenvalue weighted by atomic mass is 9.92. The normalized spacial score (nSPS) is 19.5. The van der Waals surface area contributed by atoms with E-state index < -0.39 is 0 Å². The van der Waals surface area contributed by atoms with Gasteiger partial charge in [-0.15, -0.1) is 0 Å². The highest BCUT2D eigenvalue weighted by molar-refractivity contribution is 5.98. The second-order valence-corrected chi connectivity index (χ2v) is 8.94. The highest BCUT2D eigenvalue weighted by Crippen LogP contribution is 2.23. The molecule has 0 bridgehead atoms. The van der Waals surface area contributed by atoms with E-state index in [1.54, 1.807) is 0 Å². The lowest BCUT2D eigenvalue weighted by Crippen LogP contribution is -2.40. The monoisotopic (exact) mass is 419 g/mol. The zero-order valence-electron chi connectivity index (χ0n) is 18.8. The largest absolute Gasteiger partial charge is 0.352 e. The Labute approximate surface area is 184 Å². The molecule has 1 aliphatic rings. The van der Waals surface area contributed by atoms with Crippen LogP contribution in [0.4, 0.5) is 0 Å². The quantitative estimate of drug-likeness (QED) is 0.588. The second kappa shape index (κ2) is 9.52. The number of rotatable bonds is 7. The van der Waals surface area contributed by atoms with Gasteiger partial charge in [0.15, 0.2) is 5.82 Å². The summed E-state index contributed by atoms with van der Waals surface area (Å²) in [7, 11) is 0. The van der Waals surface area contributed by atoms with Crippen molar-refractivity contribution in [3.63, 3.8) is 0 Å². The van der Waals surface area contributed by atoms with Gasteiger partial charge in [0.05, 0.1) is 11.4 Å². The number of nitrogens with one attached hydrogen (secondary N) is 1. The van der Waals surface area contributed by atoms with Gasteiger partial charge in [0, 0.05) is 32.0 Å². The van der Waals surface area contributed by atoms with Crippen molar-refractivity contribution in [3.8, 4) is 11.5 Å². The Hall–Kier alpha value is -2.86. The zero-order chi connectivity index (χ0) is 21.8. The molecule has 6 heteroatoms. The van der Waals surface area contributed by atoms with Crippen LogP contribution in [0.25, 0.3) is 11.5 Å². The molecule has 1 aliphatic heterocycles. The summed E-state index contributed by atoms with van der Waals surface area (Å²) in [4.78, 5) is 15.7. The Kier molecular flexibility index (Phi) is 6.56. The van der Waals surface area contributed by atoms with Gasteiger partial charge in [-0.25, -0.2) is 4.68 Å². The second-order valence-electron chi connectivity index (χ2n) is 8.94. The molecule has 3 heterocycles. The van der Waals surface area contributed by atoms with Crippen LogP contribution in [0.5, 0.6) is 0 Å². The van der Waals surface area contributed by atoms with E-state index >= 15 is 0 Å². The molecule has 1 amide bonds. The summed E-state index contributed by atoms with van der Waals surface area (Å²) in [5.41, 5.74) is 2.28. The van der Waals surface area contributed by atoms with Crippen LogP contribution in [0.3, 0.4) is 0 Å². The Morgan fingerprint density at radius 2 is 1.74 bits per heavy atom. The fraction of sp³-hybridized carbons (Fsp3) is 0.440. The Morgan fingerprint density at radius 1 is 1.06 bits per heavy atom. The molecule has 2 aromatic heterocycles. The third-order valence-electron chi connectivity index (χ3n) is 5.99. The number of hydrogen-bond acceptors (Lipinski definition) is 3. The van der Waals surface area contributed by atoms with Crippen molar-refractivity contribution in [2.75, 3.05) is 26.2 Å². The van der Waals surface area contributed by atoms with Crippen LogP contribution in [0.2, 0.25) is 0 Å². The van der Waals surface area contributed by atoms with Crippen molar-refractivity contribution in [1.82, 2.24) is 24.6 Å².